The van der Waals surface area contributed by atoms with E-state index in [0.29, 0.717) is 12.6 Å². The van der Waals surface area contributed by atoms with Gasteiger partial charge in [0, 0.05) is 30.7 Å². The van der Waals surface area contributed by atoms with Crippen LogP contribution in [0.15, 0.2) is 6.33 Å². The average molecular weight is 212 g/mol. The summed E-state index contributed by atoms with van der Waals surface area (Å²) in [7, 11) is 0. The fourth-order valence-electron chi connectivity index (χ4n) is 2.08. The predicted molar refractivity (Wildman–Crippen MR) is 58.6 cm³/mol. The van der Waals surface area contributed by atoms with Crippen molar-refractivity contribution in [1.29, 1.82) is 0 Å². The van der Waals surface area contributed by atoms with Gasteiger partial charge < -0.3 is 10.6 Å². The summed E-state index contributed by atoms with van der Waals surface area (Å²) in [4.78, 5) is 6.58. The summed E-state index contributed by atoms with van der Waals surface area (Å²) in [5.41, 5.74) is 5.62. The van der Waals surface area contributed by atoms with E-state index in [1.54, 1.807) is 6.33 Å². The molecule has 1 heterocycles. The van der Waals surface area contributed by atoms with E-state index in [-0.39, 0.29) is 0 Å². The Balaban J connectivity index is 2.06. The first-order valence-electron chi connectivity index (χ1n) is 5.15. The van der Waals surface area contributed by atoms with Gasteiger partial charge in [-0.25, -0.2) is 4.98 Å². The van der Waals surface area contributed by atoms with Gasteiger partial charge in [-0.05, 0) is 12.8 Å². The van der Waals surface area contributed by atoms with Gasteiger partial charge in [0.25, 0.3) is 0 Å². The maximum atomic E-state index is 5.62. The van der Waals surface area contributed by atoms with Crippen LogP contribution in [0, 0.1) is 0 Å². The molecular formula is C9H16N4S. The number of rotatable bonds is 4. The van der Waals surface area contributed by atoms with Gasteiger partial charge in [-0.2, -0.15) is 4.37 Å². The quantitative estimate of drug-likeness (QED) is 0.816. The highest BCUT2D eigenvalue weighted by Gasteiger charge is 2.23. The zero-order valence-electron chi connectivity index (χ0n) is 8.22. The standard InChI is InChI=1S/C9H16N4S/c10-5-6-13(8-3-1-2-4-8)9-11-7-12-14-9/h7-8H,1-6,10H2. The summed E-state index contributed by atoms with van der Waals surface area (Å²) in [6.07, 6.45) is 6.85. The molecule has 2 N–H and O–H groups in total. The Morgan fingerprint density at radius 3 is 2.86 bits per heavy atom. The van der Waals surface area contributed by atoms with E-state index in [1.165, 1.54) is 37.2 Å². The van der Waals surface area contributed by atoms with Crippen LogP contribution in [0.2, 0.25) is 0 Å². The Bertz CT molecular complexity index is 256. The van der Waals surface area contributed by atoms with Gasteiger partial charge >= 0.3 is 0 Å². The van der Waals surface area contributed by atoms with Crippen LogP contribution in [-0.4, -0.2) is 28.5 Å². The van der Waals surface area contributed by atoms with Crippen LogP contribution in [0.5, 0.6) is 0 Å². The maximum absolute atomic E-state index is 5.62. The molecule has 5 heteroatoms. The average Bonchev–Trinajstić information content (AvgIpc) is 2.87. The maximum Gasteiger partial charge on any atom is 0.205 e. The van der Waals surface area contributed by atoms with Crippen LogP contribution in [-0.2, 0) is 0 Å². The third-order valence-corrected chi connectivity index (χ3v) is 3.43. The van der Waals surface area contributed by atoms with Crippen molar-refractivity contribution in [2.75, 3.05) is 18.0 Å². The number of hydrogen-bond donors (Lipinski definition) is 1. The van der Waals surface area contributed by atoms with E-state index in [4.69, 9.17) is 5.73 Å². The Kier molecular flexibility index (Phi) is 3.31. The van der Waals surface area contributed by atoms with Crippen molar-refractivity contribution in [2.45, 2.75) is 31.7 Å². The SMILES string of the molecule is NCCN(c1ncns1)C1CCCC1. The molecule has 4 nitrogen and oxygen atoms in total. The van der Waals surface area contributed by atoms with Gasteiger partial charge in [0.1, 0.15) is 6.33 Å². The van der Waals surface area contributed by atoms with E-state index in [1.807, 2.05) is 0 Å². The molecule has 0 radical (unpaired) electrons. The molecule has 0 atom stereocenters. The zero-order chi connectivity index (χ0) is 9.80. The monoisotopic (exact) mass is 212 g/mol. The fraction of sp³-hybridized carbons (Fsp3) is 0.778. The molecule has 0 aromatic carbocycles. The Morgan fingerprint density at radius 2 is 2.29 bits per heavy atom. The van der Waals surface area contributed by atoms with Gasteiger partial charge in [-0.15, -0.1) is 0 Å². The van der Waals surface area contributed by atoms with Crippen LogP contribution in [0.1, 0.15) is 25.7 Å². The largest absolute Gasteiger partial charge is 0.343 e. The summed E-state index contributed by atoms with van der Waals surface area (Å²) in [5.74, 6) is 0. The molecule has 1 aromatic heterocycles. The normalized spacial score (nSPS) is 17.5. The van der Waals surface area contributed by atoms with E-state index >= 15 is 0 Å². The predicted octanol–water partition coefficient (Wildman–Crippen LogP) is 1.25. The molecule has 0 bridgehead atoms. The lowest BCUT2D eigenvalue weighted by Crippen LogP contribution is -2.37. The van der Waals surface area contributed by atoms with Crippen molar-refractivity contribution in [3.05, 3.63) is 6.33 Å². The lowest BCUT2D eigenvalue weighted by atomic mass is 10.2. The van der Waals surface area contributed by atoms with Crippen molar-refractivity contribution < 1.29 is 0 Å². The molecule has 1 fully saturated rings. The van der Waals surface area contributed by atoms with Crippen molar-refractivity contribution in [3.63, 3.8) is 0 Å². The Labute approximate surface area is 88.3 Å². The minimum atomic E-state index is 0.645. The highest BCUT2D eigenvalue weighted by Crippen LogP contribution is 2.28. The first kappa shape index (κ1) is 9.86. The third kappa shape index (κ3) is 2.04. The molecule has 14 heavy (non-hydrogen) atoms. The van der Waals surface area contributed by atoms with Crippen LogP contribution >= 0.6 is 11.5 Å². The number of nitrogens with zero attached hydrogens (tertiary/aromatic N) is 3. The summed E-state index contributed by atoms with van der Waals surface area (Å²) >= 11 is 1.47. The van der Waals surface area contributed by atoms with Gasteiger partial charge in [0.05, 0.1) is 0 Å². The second-order valence-corrected chi connectivity index (χ2v) is 4.40. The van der Waals surface area contributed by atoms with Crippen molar-refractivity contribution in [3.8, 4) is 0 Å². The molecule has 1 aliphatic carbocycles. The van der Waals surface area contributed by atoms with Gasteiger partial charge in [0.15, 0.2) is 0 Å². The van der Waals surface area contributed by atoms with E-state index < -0.39 is 0 Å². The summed E-state index contributed by atoms with van der Waals surface area (Å²) in [6, 6.07) is 0.645. The zero-order valence-corrected chi connectivity index (χ0v) is 9.04. The number of aromatic nitrogens is 2. The van der Waals surface area contributed by atoms with Crippen molar-refractivity contribution in [1.82, 2.24) is 9.36 Å². The van der Waals surface area contributed by atoms with Crippen molar-refractivity contribution in [2.24, 2.45) is 5.73 Å². The van der Waals surface area contributed by atoms with Gasteiger partial charge in [-0.3, -0.25) is 0 Å². The molecule has 0 aliphatic heterocycles. The summed E-state index contributed by atoms with van der Waals surface area (Å²) < 4.78 is 4.04. The van der Waals surface area contributed by atoms with Crippen LogP contribution in [0.25, 0.3) is 0 Å². The lowest BCUT2D eigenvalue weighted by Gasteiger charge is -2.27. The molecule has 0 amide bonds. The molecule has 0 spiro atoms. The molecule has 0 saturated heterocycles. The minimum absolute atomic E-state index is 0.645. The molecule has 2 rings (SSSR count). The number of anilines is 1. The molecule has 1 saturated carbocycles. The summed E-state index contributed by atoms with van der Waals surface area (Å²) in [6.45, 7) is 1.59. The molecule has 0 unspecified atom stereocenters. The Morgan fingerprint density at radius 1 is 1.50 bits per heavy atom. The topological polar surface area (TPSA) is 55.0 Å². The molecule has 78 valence electrons. The fourth-order valence-corrected chi connectivity index (χ4v) is 2.71. The highest BCUT2D eigenvalue weighted by molar-refractivity contribution is 7.09. The molecule has 1 aromatic rings. The van der Waals surface area contributed by atoms with Gasteiger partial charge in [0.2, 0.25) is 5.13 Å². The van der Waals surface area contributed by atoms with Crippen molar-refractivity contribution >= 4 is 16.7 Å². The van der Waals surface area contributed by atoms with Crippen LogP contribution in [0.3, 0.4) is 0 Å². The smallest absolute Gasteiger partial charge is 0.205 e. The van der Waals surface area contributed by atoms with E-state index in [2.05, 4.69) is 14.3 Å². The number of hydrogen-bond acceptors (Lipinski definition) is 5. The second-order valence-electron chi connectivity index (χ2n) is 3.64. The molecule has 1 aliphatic rings. The van der Waals surface area contributed by atoms with Crippen LogP contribution < -0.4 is 10.6 Å². The number of nitrogens with two attached hydrogens (primary N) is 1. The first-order valence-corrected chi connectivity index (χ1v) is 5.92. The first-order chi connectivity index (χ1) is 6.92. The van der Waals surface area contributed by atoms with E-state index in [0.717, 1.165) is 11.7 Å². The Hall–Kier alpha value is -0.680. The van der Waals surface area contributed by atoms with E-state index in [9.17, 15) is 0 Å². The second kappa shape index (κ2) is 4.70. The highest BCUT2D eigenvalue weighted by atomic mass is 32.1. The van der Waals surface area contributed by atoms with Crippen LogP contribution in [0.4, 0.5) is 5.13 Å². The summed E-state index contributed by atoms with van der Waals surface area (Å²) in [5, 5.41) is 1.03. The third-order valence-electron chi connectivity index (χ3n) is 2.73. The minimum Gasteiger partial charge on any atom is -0.343 e. The van der Waals surface area contributed by atoms with Gasteiger partial charge in [-0.1, -0.05) is 12.8 Å². The lowest BCUT2D eigenvalue weighted by molar-refractivity contribution is 0.607. The molecular weight excluding hydrogens is 196 g/mol.